The fourth-order valence-corrected chi connectivity index (χ4v) is 0.142. The summed E-state index contributed by atoms with van der Waals surface area (Å²) in [6.07, 6.45) is 1.04. The second-order valence-corrected chi connectivity index (χ2v) is 1.16. The minimum atomic E-state index is -0.711. The SMILES string of the molecule is C=CC.CCOC(N)=O.Cl. The summed E-state index contributed by atoms with van der Waals surface area (Å²) in [7, 11) is 0. The number of hydrogen-bond acceptors (Lipinski definition) is 2. The molecule has 0 aliphatic rings. The van der Waals surface area contributed by atoms with Crippen LogP contribution in [0.3, 0.4) is 0 Å². The van der Waals surface area contributed by atoms with Crippen molar-refractivity contribution in [1.82, 2.24) is 0 Å². The van der Waals surface area contributed by atoms with E-state index in [1.807, 2.05) is 6.92 Å². The highest BCUT2D eigenvalue weighted by molar-refractivity contribution is 5.85. The first-order valence-electron chi connectivity index (χ1n) is 2.68. The molecule has 0 spiro atoms. The van der Waals surface area contributed by atoms with Crippen molar-refractivity contribution in [1.29, 1.82) is 0 Å². The number of carbonyl (C=O) groups excluding carboxylic acids is 1. The lowest BCUT2D eigenvalue weighted by molar-refractivity contribution is 0.163. The topological polar surface area (TPSA) is 52.3 Å². The van der Waals surface area contributed by atoms with Crippen LogP contribution in [-0.2, 0) is 4.74 Å². The fraction of sp³-hybridized carbons (Fsp3) is 0.500. The molecule has 0 aliphatic heterocycles. The Hall–Kier alpha value is -0.700. The quantitative estimate of drug-likeness (QED) is 0.605. The van der Waals surface area contributed by atoms with Crippen molar-refractivity contribution < 1.29 is 9.53 Å². The van der Waals surface area contributed by atoms with Gasteiger partial charge in [0.1, 0.15) is 0 Å². The van der Waals surface area contributed by atoms with Crippen molar-refractivity contribution in [2.24, 2.45) is 5.73 Å². The maximum atomic E-state index is 9.60. The molecule has 10 heavy (non-hydrogen) atoms. The first-order chi connectivity index (χ1) is 4.18. The number of nitrogens with two attached hydrogens (primary N) is 1. The van der Waals surface area contributed by atoms with E-state index >= 15 is 0 Å². The van der Waals surface area contributed by atoms with Crippen LogP contribution in [0.5, 0.6) is 0 Å². The van der Waals surface area contributed by atoms with Crippen LogP contribution >= 0.6 is 12.4 Å². The van der Waals surface area contributed by atoms with Crippen molar-refractivity contribution in [3.05, 3.63) is 12.7 Å². The summed E-state index contributed by atoms with van der Waals surface area (Å²) in [5.74, 6) is 0. The van der Waals surface area contributed by atoms with Crippen LogP contribution < -0.4 is 5.73 Å². The molecule has 0 saturated carbocycles. The molecule has 1 amide bonds. The zero-order chi connectivity index (χ0) is 7.70. The van der Waals surface area contributed by atoms with E-state index in [2.05, 4.69) is 17.0 Å². The highest BCUT2D eigenvalue weighted by Crippen LogP contribution is 1.66. The van der Waals surface area contributed by atoms with E-state index in [0.717, 1.165) is 0 Å². The Morgan fingerprint density at radius 1 is 1.80 bits per heavy atom. The van der Waals surface area contributed by atoms with Crippen molar-refractivity contribution in [2.45, 2.75) is 13.8 Å². The number of allylic oxidation sites excluding steroid dienone is 1. The fourth-order valence-electron chi connectivity index (χ4n) is 0.142. The summed E-state index contributed by atoms with van der Waals surface area (Å²) < 4.78 is 4.18. The van der Waals surface area contributed by atoms with Crippen LogP contribution in [-0.4, -0.2) is 12.7 Å². The predicted molar refractivity (Wildman–Crippen MR) is 44.3 cm³/mol. The standard InChI is InChI=1S/C3H7NO2.C3H6.ClH/c1-2-6-3(4)5;1-3-2;/h2H2,1H3,(H2,4,5);3H,1H2,2H3;1H. The molecular formula is C6H14ClNO2. The van der Waals surface area contributed by atoms with Crippen LogP contribution in [0, 0.1) is 0 Å². The van der Waals surface area contributed by atoms with Crippen molar-refractivity contribution in [3.63, 3.8) is 0 Å². The van der Waals surface area contributed by atoms with Gasteiger partial charge >= 0.3 is 6.09 Å². The summed E-state index contributed by atoms with van der Waals surface area (Å²) in [6, 6.07) is 0. The second-order valence-electron chi connectivity index (χ2n) is 1.16. The van der Waals surface area contributed by atoms with E-state index in [4.69, 9.17) is 0 Å². The molecular weight excluding hydrogens is 154 g/mol. The first-order valence-corrected chi connectivity index (χ1v) is 2.68. The van der Waals surface area contributed by atoms with E-state index in [9.17, 15) is 4.79 Å². The molecule has 0 heterocycles. The Morgan fingerprint density at radius 3 is 2.10 bits per heavy atom. The van der Waals surface area contributed by atoms with Gasteiger partial charge in [-0.3, -0.25) is 0 Å². The highest BCUT2D eigenvalue weighted by atomic mass is 35.5. The third-order valence-electron chi connectivity index (χ3n) is 0.287. The number of halogens is 1. The summed E-state index contributed by atoms with van der Waals surface area (Å²) >= 11 is 0. The lowest BCUT2D eigenvalue weighted by Gasteiger charge is -1.89. The first kappa shape index (κ1) is 16.1. The zero-order valence-electron chi connectivity index (χ0n) is 6.29. The molecule has 0 aromatic heterocycles. The number of ether oxygens (including phenoxy) is 1. The largest absolute Gasteiger partial charge is 0.450 e. The Morgan fingerprint density at radius 2 is 2.10 bits per heavy atom. The molecule has 0 aliphatic carbocycles. The molecule has 0 atom stereocenters. The third-order valence-corrected chi connectivity index (χ3v) is 0.287. The van der Waals surface area contributed by atoms with Gasteiger partial charge in [-0.05, 0) is 13.8 Å². The van der Waals surface area contributed by atoms with Gasteiger partial charge in [0.2, 0.25) is 0 Å². The van der Waals surface area contributed by atoms with E-state index in [-0.39, 0.29) is 12.4 Å². The maximum absolute atomic E-state index is 9.60. The maximum Gasteiger partial charge on any atom is 0.404 e. The molecule has 2 N–H and O–H groups in total. The molecule has 0 radical (unpaired) electrons. The minimum Gasteiger partial charge on any atom is -0.450 e. The Balaban J connectivity index is -0.000000107. The molecule has 0 aromatic carbocycles. The summed E-state index contributed by atoms with van der Waals surface area (Å²) in [6.45, 7) is 7.31. The van der Waals surface area contributed by atoms with Gasteiger partial charge in [0.15, 0.2) is 0 Å². The molecule has 0 bridgehead atoms. The van der Waals surface area contributed by atoms with Crippen LogP contribution in [0.4, 0.5) is 4.79 Å². The smallest absolute Gasteiger partial charge is 0.404 e. The second kappa shape index (κ2) is 15.7. The lowest BCUT2D eigenvalue weighted by atomic mass is 10.8. The third kappa shape index (κ3) is 54.8. The molecule has 62 valence electrons. The average Bonchev–Trinajstić information content (AvgIpc) is 1.67. The van der Waals surface area contributed by atoms with Crippen LogP contribution in [0.25, 0.3) is 0 Å². The van der Waals surface area contributed by atoms with Gasteiger partial charge in [-0.1, -0.05) is 6.08 Å². The normalized spacial score (nSPS) is 5.80. The van der Waals surface area contributed by atoms with E-state index in [1.165, 1.54) is 0 Å². The molecule has 0 rings (SSSR count). The van der Waals surface area contributed by atoms with Crippen LogP contribution in [0.2, 0.25) is 0 Å². The van der Waals surface area contributed by atoms with Crippen molar-refractivity contribution >= 4 is 18.5 Å². The van der Waals surface area contributed by atoms with E-state index in [0.29, 0.717) is 6.61 Å². The van der Waals surface area contributed by atoms with Gasteiger partial charge in [0, 0.05) is 0 Å². The Labute approximate surface area is 67.6 Å². The zero-order valence-corrected chi connectivity index (χ0v) is 7.11. The number of primary amides is 1. The molecule has 0 aromatic rings. The predicted octanol–water partition coefficient (Wildman–Crippen LogP) is 1.72. The molecule has 0 fully saturated rings. The summed E-state index contributed by atoms with van der Waals surface area (Å²) in [5.41, 5.74) is 4.54. The summed E-state index contributed by atoms with van der Waals surface area (Å²) in [5, 5.41) is 0. The minimum absolute atomic E-state index is 0. The monoisotopic (exact) mass is 167 g/mol. The van der Waals surface area contributed by atoms with Gasteiger partial charge in [-0.15, -0.1) is 19.0 Å². The van der Waals surface area contributed by atoms with Crippen LogP contribution in [0.1, 0.15) is 13.8 Å². The van der Waals surface area contributed by atoms with E-state index < -0.39 is 6.09 Å². The van der Waals surface area contributed by atoms with Crippen molar-refractivity contribution in [3.8, 4) is 0 Å². The molecule has 0 unspecified atom stereocenters. The van der Waals surface area contributed by atoms with Gasteiger partial charge < -0.3 is 10.5 Å². The van der Waals surface area contributed by atoms with E-state index in [1.54, 1.807) is 13.0 Å². The van der Waals surface area contributed by atoms with Gasteiger partial charge in [-0.25, -0.2) is 4.79 Å². The Bertz CT molecular complexity index is 85.8. The van der Waals surface area contributed by atoms with Gasteiger partial charge in [0.25, 0.3) is 0 Å². The summed E-state index contributed by atoms with van der Waals surface area (Å²) in [4.78, 5) is 9.60. The van der Waals surface area contributed by atoms with Crippen LogP contribution in [0.15, 0.2) is 12.7 Å². The van der Waals surface area contributed by atoms with Crippen molar-refractivity contribution in [2.75, 3.05) is 6.61 Å². The van der Waals surface area contributed by atoms with Gasteiger partial charge in [0.05, 0.1) is 6.61 Å². The number of rotatable bonds is 1. The van der Waals surface area contributed by atoms with Gasteiger partial charge in [-0.2, -0.15) is 0 Å². The number of amides is 1. The average molecular weight is 168 g/mol. The Kier molecular flexibility index (Phi) is 25.4. The molecule has 4 heteroatoms. The number of carbonyl (C=O) groups is 1. The highest BCUT2D eigenvalue weighted by Gasteiger charge is 1.82. The molecule has 3 nitrogen and oxygen atoms in total. The lowest BCUT2D eigenvalue weighted by Crippen LogP contribution is -2.11. The molecule has 0 saturated heterocycles. The number of hydrogen-bond donors (Lipinski definition) is 1.